The summed E-state index contributed by atoms with van der Waals surface area (Å²) in [4.78, 5) is 8.06. The van der Waals surface area contributed by atoms with Gasteiger partial charge in [-0.05, 0) is 6.42 Å². The van der Waals surface area contributed by atoms with Gasteiger partial charge in [-0.1, -0.05) is 13.3 Å². The monoisotopic (exact) mass is 211 g/mol. The Labute approximate surface area is 89.8 Å². The highest BCUT2D eigenvalue weighted by molar-refractivity contribution is 5.54. The van der Waals surface area contributed by atoms with Gasteiger partial charge in [0.15, 0.2) is 5.82 Å². The summed E-state index contributed by atoms with van der Waals surface area (Å²) in [6.45, 7) is 2.76. The van der Waals surface area contributed by atoms with Crippen molar-refractivity contribution in [1.82, 2.24) is 9.97 Å². The molecule has 0 aromatic carbocycles. The molecule has 0 aliphatic carbocycles. The van der Waals surface area contributed by atoms with E-state index in [-0.39, 0.29) is 0 Å². The largest absolute Gasteiger partial charge is 0.489 e. The van der Waals surface area contributed by atoms with E-state index in [2.05, 4.69) is 22.2 Å². The summed E-state index contributed by atoms with van der Waals surface area (Å²) in [7, 11) is 3.35. The van der Waals surface area contributed by atoms with Crippen molar-refractivity contribution in [1.29, 1.82) is 0 Å². The standard InChI is InChI=1S/C10H17N3O2/c1-4-5-6-15-10-8(14-3)9(11-2)12-7-13-10/h7H,4-6H2,1-3H3,(H,11,12,13). The summed E-state index contributed by atoms with van der Waals surface area (Å²) in [6, 6.07) is 0. The van der Waals surface area contributed by atoms with Crippen LogP contribution in [-0.2, 0) is 0 Å². The van der Waals surface area contributed by atoms with Crippen LogP contribution in [0.15, 0.2) is 6.33 Å². The van der Waals surface area contributed by atoms with Crippen LogP contribution in [0.3, 0.4) is 0 Å². The SMILES string of the molecule is CCCCOc1ncnc(NC)c1OC. The van der Waals surface area contributed by atoms with Crippen molar-refractivity contribution in [3.05, 3.63) is 6.33 Å². The van der Waals surface area contributed by atoms with Crippen molar-refractivity contribution >= 4 is 5.82 Å². The molecular formula is C10H17N3O2. The third kappa shape index (κ3) is 2.97. The maximum absolute atomic E-state index is 5.49. The molecule has 84 valence electrons. The van der Waals surface area contributed by atoms with Crippen LogP contribution < -0.4 is 14.8 Å². The topological polar surface area (TPSA) is 56.3 Å². The van der Waals surface area contributed by atoms with Crippen LogP contribution in [0.25, 0.3) is 0 Å². The number of nitrogens with one attached hydrogen (secondary N) is 1. The number of methoxy groups -OCH3 is 1. The molecule has 0 amide bonds. The second kappa shape index (κ2) is 6.06. The third-order valence-corrected chi connectivity index (χ3v) is 1.95. The molecule has 0 atom stereocenters. The highest BCUT2D eigenvalue weighted by Gasteiger charge is 2.11. The lowest BCUT2D eigenvalue weighted by atomic mass is 10.4. The highest BCUT2D eigenvalue weighted by Crippen LogP contribution is 2.30. The van der Waals surface area contributed by atoms with Crippen LogP contribution in [0.4, 0.5) is 5.82 Å². The minimum Gasteiger partial charge on any atom is -0.489 e. The van der Waals surface area contributed by atoms with Gasteiger partial charge in [-0.2, -0.15) is 4.98 Å². The lowest BCUT2D eigenvalue weighted by Crippen LogP contribution is -2.04. The first-order valence-electron chi connectivity index (χ1n) is 5.03. The van der Waals surface area contributed by atoms with Crippen LogP contribution in [0.2, 0.25) is 0 Å². The van der Waals surface area contributed by atoms with Crippen LogP contribution in [-0.4, -0.2) is 30.7 Å². The van der Waals surface area contributed by atoms with Crippen molar-refractivity contribution in [3.8, 4) is 11.6 Å². The second-order valence-electron chi connectivity index (χ2n) is 3.01. The first-order valence-corrected chi connectivity index (χ1v) is 5.03. The molecular weight excluding hydrogens is 194 g/mol. The number of nitrogens with zero attached hydrogens (tertiary/aromatic N) is 2. The molecule has 5 heteroatoms. The summed E-state index contributed by atoms with van der Waals surface area (Å²) >= 11 is 0. The molecule has 0 spiro atoms. The fourth-order valence-corrected chi connectivity index (χ4v) is 1.14. The van der Waals surface area contributed by atoms with E-state index in [9.17, 15) is 0 Å². The molecule has 1 heterocycles. The average Bonchev–Trinajstić information content (AvgIpc) is 2.29. The molecule has 5 nitrogen and oxygen atoms in total. The van der Waals surface area contributed by atoms with Gasteiger partial charge in [0.05, 0.1) is 13.7 Å². The van der Waals surface area contributed by atoms with E-state index in [1.54, 1.807) is 14.2 Å². The zero-order chi connectivity index (χ0) is 11.1. The zero-order valence-electron chi connectivity index (χ0n) is 9.41. The molecule has 0 saturated carbocycles. The number of unbranched alkanes of at least 4 members (excludes halogenated alkanes) is 1. The van der Waals surface area contributed by atoms with Crippen LogP contribution in [0.1, 0.15) is 19.8 Å². The Morgan fingerprint density at radius 3 is 2.80 bits per heavy atom. The number of ether oxygens (including phenoxy) is 2. The Balaban J connectivity index is 2.76. The summed E-state index contributed by atoms with van der Waals surface area (Å²) in [5.41, 5.74) is 0. The maximum Gasteiger partial charge on any atom is 0.262 e. The van der Waals surface area contributed by atoms with Gasteiger partial charge >= 0.3 is 0 Å². The minimum atomic E-state index is 0.491. The van der Waals surface area contributed by atoms with Crippen LogP contribution in [0, 0.1) is 0 Å². The molecule has 0 aliphatic rings. The minimum absolute atomic E-state index is 0.491. The van der Waals surface area contributed by atoms with E-state index in [1.807, 2.05) is 0 Å². The average molecular weight is 211 g/mol. The maximum atomic E-state index is 5.49. The zero-order valence-corrected chi connectivity index (χ0v) is 9.41. The van der Waals surface area contributed by atoms with E-state index < -0.39 is 0 Å². The molecule has 0 aliphatic heterocycles. The molecule has 0 unspecified atom stereocenters. The van der Waals surface area contributed by atoms with E-state index in [0.717, 1.165) is 12.8 Å². The third-order valence-electron chi connectivity index (χ3n) is 1.95. The van der Waals surface area contributed by atoms with Crippen LogP contribution >= 0.6 is 0 Å². The fraction of sp³-hybridized carbons (Fsp3) is 0.600. The van der Waals surface area contributed by atoms with Gasteiger partial charge in [0.25, 0.3) is 5.88 Å². The predicted molar refractivity (Wildman–Crippen MR) is 58.5 cm³/mol. The molecule has 1 rings (SSSR count). The summed E-state index contributed by atoms with van der Waals surface area (Å²) < 4.78 is 10.7. The van der Waals surface area contributed by atoms with Gasteiger partial charge in [0, 0.05) is 7.05 Å². The molecule has 1 aromatic rings. The Morgan fingerprint density at radius 2 is 2.20 bits per heavy atom. The van der Waals surface area contributed by atoms with E-state index >= 15 is 0 Å². The lowest BCUT2D eigenvalue weighted by Gasteiger charge is -2.11. The van der Waals surface area contributed by atoms with Crippen molar-refractivity contribution in [2.45, 2.75) is 19.8 Å². The van der Waals surface area contributed by atoms with Crippen molar-refractivity contribution < 1.29 is 9.47 Å². The summed E-state index contributed by atoms with van der Waals surface area (Å²) in [5, 5.41) is 2.92. The summed E-state index contributed by atoms with van der Waals surface area (Å²) in [5.74, 6) is 1.68. The Morgan fingerprint density at radius 1 is 1.40 bits per heavy atom. The summed E-state index contributed by atoms with van der Waals surface area (Å²) in [6.07, 6.45) is 3.55. The smallest absolute Gasteiger partial charge is 0.262 e. The van der Waals surface area contributed by atoms with Crippen molar-refractivity contribution in [3.63, 3.8) is 0 Å². The quantitative estimate of drug-likeness (QED) is 0.726. The molecule has 1 N–H and O–H groups in total. The Kier molecular flexibility index (Phi) is 4.66. The van der Waals surface area contributed by atoms with Crippen LogP contribution in [0.5, 0.6) is 11.6 Å². The molecule has 0 bridgehead atoms. The Bertz CT molecular complexity index is 305. The van der Waals surface area contributed by atoms with Gasteiger partial charge in [-0.15, -0.1) is 0 Å². The van der Waals surface area contributed by atoms with E-state index in [1.165, 1.54) is 6.33 Å². The second-order valence-corrected chi connectivity index (χ2v) is 3.01. The number of hydrogen-bond acceptors (Lipinski definition) is 5. The molecule has 1 aromatic heterocycles. The first-order chi connectivity index (χ1) is 7.33. The first kappa shape index (κ1) is 11.6. The van der Waals surface area contributed by atoms with Crippen molar-refractivity contribution in [2.24, 2.45) is 0 Å². The molecule has 0 radical (unpaired) electrons. The normalized spacial score (nSPS) is 9.80. The van der Waals surface area contributed by atoms with E-state index in [0.29, 0.717) is 24.1 Å². The van der Waals surface area contributed by atoms with Gasteiger partial charge in [-0.3, -0.25) is 0 Å². The fourth-order valence-electron chi connectivity index (χ4n) is 1.14. The highest BCUT2D eigenvalue weighted by atomic mass is 16.5. The van der Waals surface area contributed by atoms with Crippen molar-refractivity contribution in [2.75, 3.05) is 26.1 Å². The van der Waals surface area contributed by atoms with Gasteiger partial charge in [-0.25, -0.2) is 4.98 Å². The molecule has 0 saturated heterocycles. The number of hydrogen-bond donors (Lipinski definition) is 1. The van der Waals surface area contributed by atoms with E-state index in [4.69, 9.17) is 9.47 Å². The Hall–Kier alpha value is -1.52. The number of rotatable bonds is 6. The predicted octanol–water partition coefficient (Wildman–Crippen LogP) is 1.71. The van der Waals surface area contributed by atoms with Gasteiger partial charge in [0.2, 0.25) is 5.75 Å². The number of aromatic nitrogens is 2. The molecule has 15 heavy (non-hydrogen) atoms. The molecule has 0 fully saturated rings. The van der Waals surface area contributed by atoms with Gasteiger partial charge < -0.3 is 14.8 Å². The van der Waals surface area contributed by atoms with Gasteiger partial charge in [0.1, 0.15) is 6.33 Å². The lowest BCUT2D eigenvalue weighted by molar-refractivity contribution is 0.276. The number of anilines is 1.